The number of nitrogens with one attached hydrogen (secondary N) is 1. The molecule has 38 heavy (non-hydrogen) atoms. The molecule has 1 aromatic carbocycles. The summed E-state index contributed by atoms with van der Waals surface area (Å²) < 4.78 is 11.6. The summed E-state index contributed by atoms with van der Waals surface area (Å²) in [5, 5.41) is 13.0. The molecule has 1 aromatic heterocycles. The SMILES string of the molecule is COc1ccc2c(OC3CC4C(=O)NC(C(=O)O)CCC=CCCCCN(C)C(=O)N4C3)ncnc2c1C. The lowest BCUT2D eigenvalue weighted by atomic mass is 10.1. The van der Waals surface area contributed by atoms with Crippen LogP contribution >= 0.6 is 0 Å². The second kappa shape index (κ2) is 12.1. The van der Waals surface area contributed by atoms with E-state index in [0.29, 0.717) is 35.5 Å². The van der Waals surface area contributed by atoms with Crippen molar-refractivity contribution < 1.29 is 29.0 Å². The molecule has 0 bridgehead atoms. The number of aryl methyl sites for hydroxylation is 1. The van der Waals surface area contributed by atoms with Gasteiger partial charge in [0, 0.05) is 25.6 Å². The molecule has 4 rings (SSSR count). The number of carbonyl (C=O) groups excluding carboxylic acids is 2. The van der Waals surface area contributed by atoms with E-state index in [1.807, 2.05) is 31.2 Å². The van der Waals surface area contributed by atoms with Gasteiger partial charge in [0.1, 0.15) is 30.3 Å². The minimum absolute atomic E-state index is 0.168. The quantitative estimate of drug-likeness (QED) is 0.582. The van der Waals surface area contributed by atoms with Crippen LogP contribution < -0.4 is 14.8 Å². The molecule has 2 aliphatic rings. The molecule has 11 heteroatoms. The minimum Gasteiger partial charge on any atom is -0.496 e. The van der Waals surface area contributed by atoms with Crippen LogP contribution in [0.3, 0.4) is 0 Å². The Balaban J connectivity index is 1.59. The van der Waals surface area contributed by atoms with Crippen molar-refractivity contribution in [2.45, 2.75) is 63.6 Å². The lowest BCUT2D eigenvalue weighted by Gasteiger charge is -2.29. The van der Waals surface area contributed by atoms with Crippen LogP contribution in [-0.4, -0.2) is 88.2 Å². The lowest BCUT2D eigenvalue weighted by Crippen LogP contribution is -2.53. The standard InChI is InChI=1S/C27H35N5O6/c1-17-22(37-3)12-11-19-23(17)28-16-29-25(19)38-18-14-21-24(33)30-20(26(34)35)10-8-6-4-5-7-9-13-31(2)27(36)32(21)15-18/h4,6,11-12,16,18,20-21H,5,7-10,13-15H2,1-3H3,(H,30,33)(H,34,35). The van der Waals surface area contributed by atoms with Gasteiger partial charge in [-0.1, -0.05) is 12.2 Å². The number of hydrogen-bond donors (Lipinski definition) is 2. The van der Waals surface area contributed by atoms with Crippen molar-refractivity contribution in [2.75, 3.05) is 27.2 Å². The maximum absolute atomic E-state index is 13.4. The fraction of sp³-hybridized carbons (Fsp3) is 0.519. The smallest absolute Gasteiger partial charge is 0.326 e. The Labute approximate surface area is 221 Å². The molecule has 2 aromatic rings. The summed E-state index contributed by atoms with van der Waals surface area (Å²) in [4.78, 5) is 50.3. The van der Waals surface area contributed by atoms with E-state index in [-0.39, 0.29) is 25.4 Å². The van der Waals surface area contributed by atoms with E-state index in [9.17, 15) is 19.5 Å². The second-order valence-corrected chi connectivity index (χ2v) is 9.76. The summed E-state index contributed by atoms with van der Waals surface area (Å²) in [6.45, 7) is 2.62. The highest BCUT2D eigenvalue weighted by Gasteiger charge is 2.43. The zero-order valence-corrected chi connectivity index (χ0v) is 22.1. The number of methoxy groups -OCH3 is 1. The number of ether oxygens (including phenoxy) is 2. The van der Waals surface area contributed by atoms with E-state index < -0.39 is 30.1 Å². The highest BCUT2D eigenvalue weighted by molar-refractivity contribution is 5.91. The number of carbonyl (C=O) groups is 3. The number of fused-ring (bicyclic) bond motifs is 2. The Morgan fingerprint density at radius 1 is 1.16 bits per heavy atom. The maximum Gasteiger partial charge on any atom is 0.326 e. The van der Waals surface area contributed by atoms with Crippen LogP contribution in [-0.2, 0) is 9.59 Å². The van der Waals surface area contributed by atoms with Crippen molar-refractivity contribution in [2.24, 2.45) is 0 Å². The van der Waals surface area contributed by atoms with Gasteiger partial charge in [0.05, 0.1) is 24.6 Å². The van der Waals surface area contributed by atoms with Gasteiger partial charge in [-0.3, -0.25) is 4.79 Å². The average molecular weight is 526 g/mol. The monoisotopic (exact) mass is 525 g/mol. The van der Waals surface area contributed by atoms with Crippen molar-refractivity contribution in [1.82, 2.24) is 25.1 Å². The van der Waals surface area contributed by atoms with Crippen LogP contribution in [0.1, 0.15) is 44.1 Å². The van der Waals surface area contributed by atoms with E-state index in [1.54, 1.807) is 19.1 Å². The van der Waals surface area contributed by atoms with Gasteiger partial charge in [0.25, 0.3) is 0 Å². The first-order chi connectivity index (χ1) is 18.3. The summed E-state index contributed by atoms with van der Waals surface area (Å²) in [7, 11) is 3.31. The number of aromatic nitrogens is 2. The summed E-state index contributed by atoms with van der Waals surface area (Å²) in [5.41, 5.74) is 1.54. The highest BCUT2D eigenvalue weighted by Crippen LogP contribution is 2.32. The summed E-state index contributed by atoms with van der Waals surface area (Å²) >= 11 is 0. The first kappa shape index (κ1) is 27.2. The third-order valence-corrected chi connectivity index (χ3v) is 7.13. The molecule has 3 unspecified atom stereocenters. The molecule has 1 saturated heterocycles. The highest BCUT2D eigenvalue weighted by atomic mass is 16.5. The molecule has 3 amide bonds. The van der Waals surface area contributed by atoms with E-state index in [2.05, 4.69) is 15.3 Å². The molecule has 204 valence electrons. The predicted molar refractivity (Wildman–Crippen MR) is 140 cm³/mol. The number of rotatable bonds is 4. The lowest BCUT2D eigenvalue weighted by molar-refractivity contribution is -0.142. The van der Waals surface area contributed by atoms with Crippen LogP contribution in [0.2, 0.25) is 0 Å². The Morgan fingerprint density at radius 3 is 2.71 bits per heavy atom. The first-order valence-electron chi connectivity index (χ1n) is 12.9. The molecular weight excluding hydrogens is 490 g/mol. The number of benzene rings is 1. The minimum atomic E-state index is -1.10. The van der Waals surface area contributed by atoms with Crippen molar-refractivity contribution in [3.8, 4) is 11.6 Å². The normalized spacial score (nSPS) is 23.4. The summed E-state index contributed by atoms with van der Waals surface area (Å²) in [5.74, 6) is -0.556. The average Bonchev–Trinajstić information content (AvgIpc) is 3.32. The Bertz CT molecular complexity index is 1220. The van der Waals surface area contributed by atoms with Gasteiger partial charge in [0.15, 0.2) is 0 Å². The number of aliphatic carboxylic acids is 1. The van der Waals surface area contributed by atoms with E-state index >= 15 is 0 Å². The molecule has 3 atom stereocenters. The van der Waals surface area contributed by atoms with Crippen molar-refractivity contribution in [3.63, 3.8) is 0 Å². The van der Waals surface area contributed by atoms with Crippen LogP contribution in [0, 0.1) is 6.92 Å². The number of allylic oxidation sites excluding steroid dienone is 2. The van der Waals surface area contributed by atoms with Gasteiger partial charge in [-0.2, -0.15) is 0 Å². The number of urea groups is 1. The molecule has 2 aliphatic heterocycles. The second-order valence-electron chi connectivity index (χ2n) is 9.76. The molecule has 0 saturated carbocycles. The molecular formula is C27H35N5O6. The van der Waals surface area contributed by atoms with E-state index in [4.69, 9.17) is 9.47 Å². The Morgan fingerprint density at radius 2 is 1.95 bits per heavy atom. The zero-order chi connectivity index (χ0) is 27.2. The van der Waals surface area contributed by atoms with Gasteiger partial charge in [0.2, 0.25) is 11.8 Å². The molecule has 3 heterocycles. The third-order valence-electron chi connectivity index (χ3n) is 7.13. The van der Waals surface area contributed by atoms with Gasteiger partial charge in [-0.15, -0.1) is 0 Å². The molecule has 11 nitrogen and oxygen atoms in total. The number of carboxylic acids is 1. The van der Waals surface area contributed by atoms with Gasteiger partial charge < -0.3 is 29.7 Å². The van der Waals surface area contributed by atoms with Crippen molar-refractivity contribution in [1.29, 1.82) is 0 Å². The Kier molecular flexibility index (Phi) is 8.65. The van der Waals surface area contributed by atoms with E-state index in [0.717, 1.165) is 24.8 Å². The molecule has 2 N–H and O–H groups in total. The summed E-state index contributed by atoms with van der Waals surface area (Å²) in [6.07, 6.45) is 8.48. The van der Waals surface area contributed by atoms with Gasteiger partial charge >= 0.3 is 12.0 Å². The van der Waals surface area contributed by atoms with Crippen molar-refractivity contribution in [3.05, 3.63) is 36.2 Å². The third kappa shape index (κ3) is 5.98. The van der Waals surface area contributed by atoms with Crippen LogP contribution in [0.15, 0.2) is 30.6 Å². The Hall–Kier alpha value is -3.89. The number of carboxylic acid groups (broad SMARTS) is 1. The van der Waals surface area contributed by atoms with Crippen molar-refractivity contribution >= 4 is 28.8 Å². The number of hydrogen-bond acceptors (Lipinski definition) is 7. The fourth-order valence-electron chi connectivity index (χ4n) is 4.99. The largest absolute Gasteiger partial charge is 0.496 e. The molecule has 0 aliphatic carbocycles. The summed E-state index contributed by atoms with van der Waals surface area (Å²) in [6, 6.07) is 1.44. The zero-order valence-electron chi connectivity index (χ0n) is 22.1. The van der Waals surface area contributed by atoms with Crippen LogP contribution in [0.4, 0.5) is 4.79 Å². The van der Waals surface area contributed by atoms with E-state index in [1.165, 1.54) is 11.2 Å². The maximum atomic E-state index is 13.4. The predicted octanol–water partition coefficient (Wildman–Crippen LogP) is 2.91. The van der Waals surface area contributed by atoms with Gasteiger partial charge in [-0.25, -0.2) is 19.6 Å². The van der Waals surface area contributed by atoms with Crippen LogP contribution in [0.5, 0.6) is 11.6 Å². The topological polar surface area (TPSA) is 134 Å². The number of nitrogens with zero attached hydrogens (tertiary/aromatic N) is 4. The first-order valence-corrected chi connectivity index (χ1v) is 12.9. The fourth-order valence-corrected chi connectivity index (χ4v) is 4.99. The van der Waals surface area contributed by atoms with Gasteiger partial charge in [-0.05, 0) is 51.2 Å². The molecule has 0 spiro atoms. The number of amides is 3. The van der Waals surface area contributed by atoms with Crippen LogP contribution in [0.25, 0.3) is 10.9 Å². The molecule has 1 fully saturated rings. The molecule has 0 radical (unpaired) electrons.